The predicted octanol–water partition coefficient (Wildman–Crippen LogP) is 3.91. The monoisotopic (exact) mass is 332 g/mol. The van der Waals surface area contributed by atoms with Crippen molar-refractivity contribution in [2.45, 2.75) is 19.9 Å². The molecule has 4 heteroatoms. The van der Waals surface area contributed by atoms with Gasteiger partial charge in [0, 0.05) is 11.3 Å². The largest absolute Gasteiger partial charge is 0.341 e. The SMILES string of the molecule is Cc1cccc(C(=O)NC(C)C(=O)Nc2ccc3ccccc3c2)c1. The van der Waals surface area contributed by atoms with Gasteiger partial charge in [-0.2, -0.15) is 0 Å². The first-order valence-electron chi connectivity index (χ1n) is 8.20. The van der Waals surface area contributed by atoms with E-state index in [-0.39, 0.29) is 11.8 Å². The molecule has 3 rings (SSSR count). The molecule has 0 aliphatic carbocycles. The highest BCUT2D eigenvalue weighted by Crippen LogP contribution is 2.19. The van der Waals surface area contributed by atoms with Gasteiger partial charge in [0.05, 0.1) is 0 Å². The van der Waals surface area contributed by atoms with Crippen molar-refractivity contribution in [2.24, 2.45) is 0 Å². The molecule has 0 heterocycles. The van der Waals surface area contributed by atoms with E-state index in [0.717, 1.165) is 16.3 Å². The van der Waals surface area contributed by atoms with Crippen molar-refractivity contribution in [1.82, 2.24) is 5.32 Å². The minimum Gasteiger partial charge on any atom is -0.341 e. The summed E-state index contributed by atoms with van der Waals surface area (Å²) in [5.74, 6) is -0.513. The molecular formula is C21H20N2O2. The lowest BCUT2D eigenvalue weighted by atomic mass is 10.1. The quantitative estimate of drug-likeness (QED) is 0.761. The lowest BCUT2D eigenvalue weighted by molar-refractivity contribution is -0.117. The molecule has 2 amide bonds. The van der Waals surface area contributed by atoms with Gasteiger partial charge >= 0.3 is 0 Å². The number of nitrogens with one attached hydrogen (secondary N) is 2. The molecule has 126 valence electrons. The van der Waals surface area contributed by atoms with Gasteiger partial charge < -0.3 is 10.6 Å². The fourth-order valence-electron chi connectivity index (χ4n) is 2.65. The van der Waals surface area contributed by atoms with Crippen molar-refractivity contribution >= 4 is 28.3 Å². The predicted molar refractivity (Wildman–Crippen MR) is 101 cm³/mol. The molecule has 0 radical (unpaired) electrons. The second-order valence-electron chi connectivity index (χ2n) is 6.12. The van der Waals surface area contributed by atoms with Gasteiger partial charge in [-0.15, -0.1) is 0 Å². The van der Waals surface area contributed by atoms with E-state index < -0.39 is 6.04 Å². The van der Waals surface area contributed by atoms with Crippen molar-refractivity contribution in [2.75, 3.05) is 5.32 Å². The minimum atomic E-state index is -0.639. The fraction of sp³-hybridized carbons (Fsp3) is 0.143. The summed E-state index contributed by atoms with van der Waals surface area (Å²) in [5, 5.41) is 7.74. The number of carbonyl (C=O) groups excluding carboxylic acids is 2. The number of hydrogen-bond donors (Lipinski definition) is 2. The van der Waals surface area contributed by atoms with E-state index in [4.69, 9.17) is 0 Å². The summed E-state index contributed by atoms with van der Waals surface area (Å²) in [7, 11) is 0. The second kappa shape index (κ2) is 7.18. The Hall–Kier alpha value is -3.14. The third-order valence-corrected chi connectivity index (χ3v) is 4.04. The van der Waals surface area contributed by atoms with E-state index in [0.29, 0.717) is 11.3 Å². The van der Waals surface area contributed by atoms with Gasteiger partial charge in [-0.3, -0.25) is 9.59 Å². The van der Waals surface area contributed by atoms with Crippen molar-refractivity contribution in [3.8, 4) is 0 Å². The third kappa shape index (κ3) is 4.04. The lowest BCUT2D eigenvalue weighted by Crippen LogP contribution is -2.41. The van der Waals surface area contributed by atoms with Crippen LogP contribution in [0.25, 0.3) is 10.8 Å². The smallest absolute Gasteiger partial charge is 0.251 e. The van der Waals surface area contributed by atoms with Crippen LogP contribution in [0.2, 0.25) is 0 Å². The maximum Gasteiger partial charge on any atom is 0.251 e. The van der Waals surface area contributed by atoms with Crippen LogP contribution in [0.1, 0.15) is 22.8 Å². The van der Waals surface area contributed by atoms with Crippen LogP contribution in [0.3, 0.4) is 0 Å². The molecule has 0 saturated heterocycles. The van der Waals surface area contributed by atoms with Crippen molar-refractivity contribution in [3.05, 3.63) is 77.9 Å². The van der Waals surface area contributed by atoms with Crippen LogP contribution < -0.4 is 10.6 Å². The number of hydrogen-bond acceptors (Lipinski definition) is 2. The zero-order valence-corrected chi connectivity index (χ0v) is 14.2. The van der Waals surface area contributed by atoms with Gasteiger partial charge in [-0.25, -0.2) is 0 Å². The Balaban J connectivity index is 1.66. The Kier molecular flexibility index (Phi) is 4.80. The van der Waals surface area contributed by atoms with Crippen LogP contribution in [0.4, 0.5) is 5.69 Å². The highest BCUT2D eigenvalue weighted by molar-refractivity contribution is 6.01. The Morgan fingerprint density at radius 3 is 2.40 bits per heavy atom. The molecule has 0 fully saturated rings. The molecular weight excluding hydrogens is 312 g/mol. The summed E-state index contributed by atoms with van der Waals surface area (Å²) in [5.41, 5.74) is 2.26. The lowest BCUT2D eigenvalue weighted by Gasteiger charge is -2.15. The molecule has 1 atom stereocenters. The maximum absolute atomic E-state index is 12.4. The van der Waals surface area contributed by atoms with E-state index in [1.54, 1.807) is 19.1 Å². The van der Waals surface area contributed by atoms with E-state index >= 15 is 0 Å². The molecule has 0 aromatic heterocycles. The van der Waals surface area contributed by atoms with Gasteiger partial charge in [0.1, 0.15) is 6.04 Å². The maximum atomic E-state index is 12.4. The van der Waals surface area contributed by atoms with Crippen LogP contribution in [0, 0.1) is 6.92 Å². The Morgan fingerprint density at radius 2 is 1.64 bits per heavy atom. The molecule has 0 aliphatic rings. The first-order valence-corrected chi connectivity index (χ1v) is 8.20. The molecule has 1 unspecified atom stereocenters. The average Bonchev–Trinajstić information content (AvgIpc) is 2.61. The van der Waals surface area contributed by atoms with E-state index in [1.165, 1.54) is 0 Å². The highest BCUT2D eigenvalue weighted by atomic mass is 16.2. The summed E-state index contributed by atoms with van der Waals surface area (Å²) in [6.07, 6.45) is 0. The standard InChI is InChI=1S/C21H20N2O2/c1-14-6-5-9-18(12-14)21(25)22-15(2)20(24)23-19-11-10-16-7-3-4-8-17(16)13-19/h3-13,15H,1-2H3,(H,22,25)(H,23,24). The molecule has 4 nitrogen and oxygen atoms in total. The number of carbonyl (C=O) groups is 2. The van der Waals surface area contributed by atoms with E-state index in [2.05, 4.69) is 10.6 Å². The minimum absolute atomic E-state index is 0.253. The molecule has 3 aromatic rings. The molecule has 25 heavy (non-hydrogen) atoms. The zero-order valence-electron chi connectivity index (χ0n) is 14.2. The van der Waals surface area contributed by atoms with Crippen molar-refractivity contribution < 1.29 is 9.59 Å². The molecule has 0 spiro atoms. The molecule has 2 N–H and O–H groups in total. The molecule has 0 saturated carbocycles. The summed E-state index contributed by atoms with van der Waals surface area (Å²) in [6, 6.07) is 20.3. The van der Waals surface area contributed by atoms with E-state index in [1.807, 2.05) is 61.5 Å². The normalized spacial score (nSPS) is 11.8. The summed E-state index contributed by atoms with van der Waals surface area (Å²) >= 11 is 0. The molecule has 0 bridgehead atoms. The summed E-state index contributed by atoms with van der Waals surface area (Å²) in [6.45, 7) is 3.59. The first kappa shape index (κ1) is 16.7. The number of aryl methyl sites for hydroxylation is 1. The molecule has 0 aliphatic heterocycles. The van der Waals surface area contributed by atoms with Gasteiger partial charge in [0.25, 0.3) is 5.91 Å². The number of amides is 2. The Labute approximate surface area is 146 Å². The van der Waals surface area contributed by atoms with Crippen LogP contribution in [-0.2, 0) is 4.79 Å². The summed E-state index contributed by atoms with van der Waals surface area (Å²) in [4.78, 5) is 24.6. The molecule has 3 aromatic carbocycles. The zero-order chi connectivity index (χ0) is 17.8. The van der Waals surface area contributed by atoms with Gasteiger partial charge in [-0.05, 0) is 48.9 Å². The van der Waals surface area contributed by atoms with Crippen LogP contribution in [0.5, 0.6) is 0 Å². The Morgan fingerprint density at radius 1 is 0.880 bits per heavy atom. The highest BCUT2D eigenvalue weighted by Gasteiger charge is 2.17. The van der Waals surface area contributed by atoms with Crippen LogP contribution in [0.15, 0.2) is 66.7 Å². The number of benzene rings is 3. The van der Waals surface area contributed by atoms with Crippen molar-refractivity contribution in [3.63, 3.8) is 0 Å². The van der Waals surface area contributed by atoms with Crippen LogP contribution >= 0.6 is 0 Å². The van der Waals surface area contributed by atoms with Gasteiger partial charge in [-0.1, -0.05) is 48.0 Å². The van der Waals surface area contributed by atoms with E-state index in [9.17, 15) is 9.59 Å². The van der Waals surface area contributed by atoms with Crippen LogP contribution in [-0.4, -0.2) is 17.9 Å². The number of anilines is 1. The van der Waals surface area contributed by atoms with Crippen molar-refractivity contribution in [1.29, 1.82) is 0 Å². The number of fused-ring (bicyclic) bond motifs is 1. The Bertz CT molecular complexity index is 934. The average molecular weight is 332 g/mol. The number of rotatable bonds is 4. The first-order chi connectivity index (χ1) is 12.0. The topological polar surface area (TPSA) is 58.2 Å². The summed E-state index contributed by atoms with van der Waals surface area (Å²) < 4.78 is 0. The van der Waals surface area contributed by atoms with Gasteiger partial charge in [0.2, 0.25) is 5.91 Å². The fourth-order valence-corrected chi connectivity index (χ4v) is 2.65. The van der Waals surface area contributed by atoms with Gasteiger partial charge in [0.15, 0.2) is 0 Å². The third-order valence-electron chi connectivity index (χ3n) is 4.04. The second-order valence-corrected chi connectivity index (χ2v) is 6.12.